The van der Waals surface area contributed by atoms with Gasteiger partial charge in [0.05, 0.1) is 23.6 Å². The minimum atomic E-state index is -2.84. The van der Waals surface area contributed by atoms with Gasteiger partial charge in [0, 0.05) is 17.1 Å². The molecule has 3 heterocycles. The fourth-order valence-corrected chi connectivity index (χ4v) is 6.00. The molecule has 0 aromatic rings. The number of hydrogen-bond acceptors (Lipinski definition) is 5. The number of amidine groups is 1. The first-order valence-corrected chi connectivity index (χ1v) is 8.69. The summed E-state index contributed by atoms with van der Waals surface area (Å²) in [6, 6.07) is 0.135. The maximum Gasteiger partial charge on any atom is 0.160 e. The Balaban J connectivity index is 1.86. The van der Waals surface area contributed by atoms with Gasteiger partial charge >= 0.3 is 0 Å². The minimum Gasteiger partial charge on any atom is -0.344 e. The van der Waals surface area contributed by atoms with Crippen LogP contribution in [0, 0.1) is 0 Å². The Morgan fingerprint density at radius 2 is 2.33 bits per heavy atom. The van der Waals surface area contributed by atoms with Gasteiger partial charge < -0.3 is 4.90 Å². The highest BCUT2D eigenvalue weighted by Crippen LogP contribution is 2.38. The second-order valence-corrected chi connectivity index (χ2v) is 8.24. The van der Waals surface area contributed by atoms with Gasteiger partial charge in [0.15, 0.2) is 15.0 Å². The van der Waals surface area contributed by atoms with E-state index in [-0.39, 0.29) is 17.8 Å². The number of alkyl halides is 1. The van der Waals surface area contributed by atoms with Crippen LogP contribution in [0.1, 0.15) is 0 Å². The van der Waals surface area contributed by atoms with Crippen LogP contribution in [0.3, 0.4) is 0 Å². The van der Waals surface area contributed by atoms with Gasteiger partial charge in [-0.3, -0.25) is 4.99 Å². The molecule has 3 rings (SSSR count). The Hall–Kier alpha value is 0.250. The predicted molar refractivity (Wildman–Crippen MR) is 65.5 cm³/mol. The average molecular weight is 311 g/mol. The van der Waals surface area contributed by atoms with Crippen LogP contribution < -0.4 is 0 Å². The van der Waals surface area contributed by atoms with Crippen molar-refractivity contribution in [3.63, 3.8) is 0 Å². The van der Waals surface area contributed by atoms with E-state index in [1.165, 1.54) is 0 Å². The standard InChI is InChI=1S/C8H11BrN2O2S2/c9-1-5-2-11-7-4-15(12,13)3-6(7)10-8(11)14-5/h5-7H,1-4H2/t5-,6-,7-/m1/s1. The lowest BCUT2D eigenvalue weighted by Gasteiger charge is -2.20. The van der Waals surface area contributed by atoms with Crippen molar-refractivity contribution >= 4 is 42.7 Å². The summed E-state index contributed by atoms with van der Waals surface area (Å²) in [7, 11) is -2.84. The number of fused-ring (bicyclic) bond motifs is 3. The Morgan fingerprint density at radius 3 is 3.07 bits per heavy atom. The fraction of sp³-hybridized carbons (Fsp3) is 0.875. The highest BCUT2D eigenvalue weighted by molar-refractivity contribution is 9.09. The van der Waals surface area contributed by atoms with E-state index in [4.69, 9.17) is 0 Å². The van der Waals surface area contributed by atoms with Crippen molar-refractivity contribution in [1.29, 1.82) is 0 Å². The molecule has 2 saturated heterocycles. The Morgan fingerprint density at radius 1 is 1.53 bits per heavy atom. The first-order chi connectivity index (χ1) is 7.09. The number of thioether (sulfide) groups is 1. The van der Waals surface area contributed by atoms with Gasteiger partial charge in [-0.05, 0) is 0 Å². The first kappa shape index (κ1) is 10.4. The quantitative estimate of drug-likeness (QED) is 0.655. The molecular weight excluding hydrogens is 300 g/mol. The van der Waals surface area contributed by atoms with Gasteiger partial charge in [-0.2, -0.15) is 0 Å². The summed E-state index contributed by atoms with van der Waals surface area (Å²) in [5, 5.41) is 2.52. The Labute approximate surface area is 102 Å². The second-order valence-electron chi connectivity index (χ2n) is 4.17. The monoisotopic (exact) mass is 310 g/mol. The average Bonchev–Trinajstić information content (AvgIpc) is 2.72. The van der Waals surface area contributed by atoms with Gasteiger partial charge in [-0.15, -0.1) is 0 Å². The molecule has 3 aliphatic rings. The van der Waals surface area contributed by atoms with Crippen LogP contribution in [0.4, 0.5) is 0 Å². The van der Waals surface area contributed by atoms with Crippen molar-refractivity contribution in [3.05, 3.63) is 0 Å². The minimum absolute atomic E-state index is 0.00813. The molecule has 0 aromatic carbocycles. The molecule has 0 bridgehead atoms. The van der Waals surface area contributed by atoms with E-state index in [2.05, 4.69) is 25.8 Å². The summed E-state index contributed by atoms with van der Waals surface area (Å²) in [5.74, 6) is 0.539. The van der Waals surface area contributed by atoms with E-state index < -0.39 is 9.84 Å². The molecule has 0 amide bonds. The number of halogens is 1. The molecule has 0 radical (unpaired) electrons. The van der Waals surface area contributed by atoms with Gasteiger partial charge in [-0.25, -0.2) is 8.42 Å². The molecule has 3 aliphatic heterocycles. The Kier molecular flexibility index (Phi) is 2.34. The summed E-state index contributed by atoms with van der Waals surface area (Å²) >= 11 is 5.23. The number of sulfone groups is 1. The van der Waals surface area contributed by atoms with Crippen LogP contribution in [0.5, 0.6) is 0 Å². The summed E-state index contributed by atoms with van der Waals surface area (Å²) in [6.45, 7) is 0.936. The van der Waals surface area contributed by atoms with Gasteiger partial charge in [0.2, 0.25) is 0 Å². The maximum absolute atomic E-state index is 11.5. The van der Waals surface area contributed by atoms with Crippen molar-refractivity contribution in [3.8, 4) is 0 Å². The third-order valence-corrected chi connectivity index (χ3v) is 7.17. The predicted octanol–water partition coefficient (Wildman–Crippen LogP) is 0.334. The fourth-order valence-electron chi connectivity index (χ4n) is 2.39. The van der Waals surface area contributed by atoms with Crippen LogP contribution >= 0.6 is 27.7 Å². The smallest absolute Gasteiger partial charge is 0.160 e. The van der Waals surface area contributed by atoms with Gasteiger partial charge in [0.1, 0.15) is 0 Å². The van der Waals surface area contributed by atoms with Crippen LogP contribution in [0.15, 0.2) is 4.99 Å². The third kappa shape index (κ3) is 1.63. The molecule has 84 valence electrons. The first-order valence-electron chi connectivity index (χ1n) is 4.86. The van der Waals surface area contributed by atoms with E-state index in [1.807, 2.05) is 0 Å². The topological polar surface area (TPSA) is 49.7 Å². The van der Waals surface area contributed by atoms with E-state index in [9.17, 15) is 8.42 Å². The molecule has 2 fully saturated rings. The van der Waals surface area contributed by atoms with Crippen molar-refractivity contribution in [2.24, 2.45) is 4.99 Å². The van der Waals surface area contributed by atoms with Crippen molar-refractivity contribution in [2.75, 3.05) is 23.4 Å². The van der Waals surface area contributed by atoms with Gasteiger partial charge in [0.25, 0.3) is 0 Å². The zero-order chi connectivity index (χ0) is 10.6. The molecule has 0 unspecified atom stereocenters. The van der Waals surface area contributed by atoms with Gasteiger partial charge in [-0.1, -0.05) is 27.7 Å². The van der Waals surface area contributed by atoms with Crippen molar-refractivity contribution < 1.29 is 8.42 Å². The van der Waals surface area contributed by atoms with Crippen molar-refractivity contribution in [1.82, 2.24) is 4.90 Å². The maximum atomic E-state index is 11.5. The molecular formula is C8H11BrN2O2S2. The number of nitrogens with zero attached hydrogens (tertiary/aromatic N) is 2. The summed E-state index contributed by atoms with van der Waals surface area (Å²) < 4.78 is 22.9. The third-order valence-electron chi connectivity index (χ3n) is 3.06. The molecule has 7 heteroatoms. The molecule has 0 aliphatic carbocycles. The van der Waals surface area contributed by atoms with E-state index in [0.717, 1.165) is 17.0 Å². The van der Waals surface area contributed by atoms with E-state index in [1.54, 1.807) is 11.8 Å². The second kappa shape index (κ2) is 3.37. The van der Waals surface area contributed by atoms with E-state index in [0.29, 0.717) is 11.0 Å². The van der Waals surface area contributed by atoms with Crippen LogP contribution in [0.25, 0.3) is 0 Å². The molecule has 4 nitrogen and oxygen atoms in total. The zero-order valence-electron chi connectivity index (χ0n) is 7.97. The summed E-state index contributed by atoms with van der Waals surface area (Å²) in [6.07, 6.45) is 0. The molecule has 0 N–H and O–H groups in total. The molecule has 0 spiro atoms. The highest BCUT2D eigenvalue weighted by atomic mass is 79.9. The van der Waals surface area contributed by atoms with E-state index >= 15 is 0 Å². The largest absolute Gasteiger partial charge is 0.344 e. The van der Waals surface area contributed by atoms with Crippen LogP contribution in [-0.2, 0) is 9.84 Å². The number of aliphatic imine (C=N–C) groups is 1. The summed E-state index contributed by atoms with van der Waals surface area (Å²) in [4.78, 5) is 6.70. The van der Waals surface area contributed by atoms with Crippen LogP contribution in [0.2, 0.25) is 0 Å². The summed E-state index contributed by atoms with van der Waals surface area (Å²) in [5.41, 5.74) is 0. The lowest BCUT2D eigenvalue weighted by atomic mass is 10.2. The Bertz CT molecular complexity index is 422. The molecule has 0 aromatic heterocycles. The van der Waals surface area contributed by atoms with Crippen LogP contribution in [-0.4, -0.2) is 59.2 Å². The SMILES string of the molecule is O=S1(=O)C[C@@H]2[C@@H](C1)N=C1S[C@H](CBr)CN12. The molecule has 3 atom stereocenters. The normalized spacial score (nSPS) is 41.5. The zero-order valence-corrected chi connectivity index (χ0v) is 11.2. The number of rotatable bonds is 1. The lowest BCUT2D eigenvalue weighted by molar-refractivity contribution is 0.361. The molecule has 15 heavy (non-hydrogen) atoms. The molecule has 0 saturated carbocycles. The van der Waals surface area contributed by atoms with Crippen molar-refractivity contribution in [2.45, 2.75) is 17.3 Å². The highest BCUT2D eigenvalue weighted by Gasteiger charge is 2.49. The number of hydrogen-bond donors (Lipinski definition) is 0. The lowest BCUT2D eigenvalue weighted by Crippen LogP contribution is -2.38.